The van der Waals surface area contributed by atoms with Crippen molar-refractivity contribution in [2.45, 2.75) is 25.0 Å². The van der Waals surface area contributed by atoms with Gasteiger partial charge in [-0.3, -0.25) is 9.69 Å². The molecule has 3 N–H and O–H groups in total. The van der Waals surface area contributed by atoms with Crippen molar-refractivity contribution >= 4 is 32.4 Å². The number of aliphatic hydroxyl groups is 2. The van der Waals surface area contributed by atoms with Gasteiger partial charge in [0.25, 0.3) is 5.91 Å². The van der Waals surface area contributed by atoms with Crippen LogP contribution in [0.15, 0.2) is 40.3 Å². The van der Waals surface area contributed by atoms with Gasteiger partial charge in [-0.05, 0) is 25.1 Å². The number of rotatable bonds is 7. The molecule has 0 bridgehead atoms. The van der Waals surface area contributed by atoms with Crippen molar-refractivity contribution in [1.82, 2.24) is 9.97 Å². The fraction of sp³-hybridized carbons (Fsp3) is 0.294. The molecule has 1 amide bonds. The van der Waals surface area contributed by atoms with E-state index in [0.29, 0.717) is 6.61 Å². The summed E-state index contributed by atoms with van der Waals surface area (Å²) in [6.45, 7) is 1.08. The van der Waals surface area contributed by atoms with Crippen molar-refractivity contribution in [2.75, 3.05) is 23.7 Å². The van der Waals surface area contributed by atoms with Crippen LogP contribution in [0.3, 0.4) is 0 Å². The quantitative estimate of drug-likeness (QED) is 0.524. The molecule has 1 aromatic carbocycles. The van der Waals surface area contributed by atoms with Gasteiger partial charge in [0.1, 0.15) is 6.73 Å². The second-order valence-corrected chi connectivity index (χ2v) is 7.68. The summed E-state index contributed by atoms with van der Waals surface area (Å²) in [7, 11) is -4.21. The molecule has 0 unspecified atom stereocenters. The monoisotopic (exact) mass is 421 g/mol. The molecule has 0 fully saturated rings. The molecule has 0 saturated carbocycles. The van der Waals surface area contributed by atoms with Gasteiger partial charge < -0.3 is 14.9 Å². The first-order chi connectivity index (χ1) is 13.9. The second kappa shape index (κ2) is 8.61. The zero-order valence-electron chi connectivity index (χ0n) is 15.4. The number of nitrogens with zero attached hydrogens (tertiary/aromatic N) is 4. The number of nitrogens with one attached hydrogen (secondary N) is 1. The topological polar surface area (TPSA) is 154 Å². The number of anilines is 2. The van der Waals surface area contributed by atoms with Gasteiger partial charge in [-0.15, -0.1) is 0 Å². The molecule has 1 aromatic heterocycles. The lowest BCUT2D eigenvalue weighted by atomic mass is 10.3. The highest BCUT2D eigenvalue weighted by Crippen LogP contribution is 2.32. The van der Waals surface area contributed by atoms with Crippen molar-refractivity contribution in [3.63, 3.8) is 0 Å². The molecule has 0 radical (unpaired) electrons. The Hall–Kier alpha value is -2.93. The van der Waals surface area contributed by atoms with Crippen LogP contribution in [0.4, 0.5) is 11.6 Å². The van der Waals surface area contributed by atoms with Crippen LogP contribution in [0.1, 0.15) is 18.3 Å². The number of fused-ring (bicyclic) bond motifs is 1. The van der Waals surface area contributed by atoms with Gasteiger partial charge in [-0.25, -0.2) is 23.8 Å². The number of hydrogen-bond acceptors (Lipinski definition) is 10. The molecule has 3 rings (SSSR count). The highest BCUT2D eigenvalue weighted by atomic mass is 32.2. The molecule has 1 aliphatic rings. The third-order valence-electron chi connectivity index (χ3n) is 3.97. The fourth-order valence-electron chi connectivity index (χ4n) is 2.64. The maximum Gasteiger partial charge on any atom is 0.292 e. The maximum absolute atomic E-state index is 12.9. The first-order valence-electron chi connectivity index (χ1n) is 8.58. The summed E-state index contributed by atoms with van der Waals surface area (Å²) in [6, 6.07) is 7.41. The van der Waals surface area contributed by atoms with E-state index in [0.717, 1.165) is 0 Å². The van der Waals surface area contributed by atoms with E-state index in [1.807, 2.05) is 0 Å². The first kappa shape index (κ1) is 20.8. The largest absolute Gasteiger partial charge is 0.390 e. The summed E-state index contributed by atoms with van der Waals surface area (Å²) in [5, 5.41) is 21.5. The number of carbonyl (C=O) groups excluding carboxylic acids is 1. The summed E-state index contributed by atoms with van der Waals surface area (Å²) in [5.41, 5.74) is 2.91. The molecule has 2 heterocycles. The van der Waals surface area contributed by atoms with E-state index >= 15 is 0 Å². The van der Waals surface area contributed by atoms with Gasteiger partial charge >= 0.3 is 0 Å². The third-order valence-corrected chi connectivity index (χ3v) is 5.67. The lowest BCUT2D eigenvalue weighted by Crippen LogP contribution is -2.46. The molecule has 0 aliphatic carbocycles. The molecule has 2 aromatic rings. The van der Waals surface area contributed by atoms with Gasteiger partial charge in [0.15, 0.2) is 0 Å². The van der Waals surface area contributed by atoms with Crippen LogP contribution < -0.4 is 10.3 Å². The SMILES string of the molecule is CCOCN1C(=O)C(=NNc2nc(CO)cc(CO)n2)S(=O)(=O)c2ccccc21. The molecule has 1 aliphatic heterocycles. The van der Waals surface area contributed by atoms with E-state index in [4.69, 9.17) is 4.74 Å². The van der Waals surface area contributed by atoms with Crippen molar-refractivity contribution in [2.24, 2.45) is 5.10 Å². The second-order valence-electron chi connectivity index (χ2n) is 5.85. The van der Waals surface area contributed by atoms with E-state index in [2.05, 4.69) is 20.5 Å². The maximum atomic E-state index is 12.9. The van der Waals surface area contributed by atoms with E-state index < -0.39 is 34.0 Å². The highest BCUT2D eigenvalue weighted by molar-refractivity contribution is 8.08. The normalized spacial score (nSPS) is 16.7. The zero-order valence-corrected chi connectivity index (χ0v) is 16.3. The van der Waals surface area contributed by atoms with Gasteiger partial charge in [0.2, 0.25) is 20.8 Å². The Labute approximate surface area is 166 Å². The molecule has 12 heteroatoms. The number of amides is 1. The number of benzene rings is 1. The standard InChI is InChI=1S/C17H19N5O6S/c1-2-28-10-22-13-5-3-4-6-14(13)29(26,27)15(16(22)25)20-21-17-18-11(8-23)7-12(9-24)19-17/h3-7,23-24H,2,8-10H2,1H3,(H,18,19,21). The Bertz CT molecular complexity index is 1030. The van der Waals surface area contributed by atoms with Crippen LogP contribution in [-0.2, 0) is 32.6 Å². The minimum Gasteiger partial charge on any atom is -0.390 e. The summed E-state index contributed by atoms with van der Waals surface area (Å²) in [6.07, 6.45) is 0. The van der Waals surface area contributed by atoms with Crippen LogP contribution >= 0.6 is 0 Å². The third kappa shape index (κ3) is 4.10. The molecule has 0 atom stereocenters. The molecule has 0 spiro atoms. The Kier molecular flexibility index (Phi) is 6.17. The van der Waals surface area contributed by atoms with Crippen LogP contribution in [0, 0.1) is 0 Å². The summed E-state index contributed by atoms with van der Waals surface area (Å²) >= 11 is 0. The van der Waals surface area contributed by atoms with Crippen molar-refractivity contribution in [3.05, 3.63) is 41.7 Å². The van der Waals surface area contributed by atoms with Gasteiger partial charge in [-0.2, -0.15) is 5.10 Å². The number of para-hydroxylation sites is 1. The number of carbonyl (C=O) groups is 1. The number of hydrazone groups is 1. The van der Waals surface area contributed by atoms with E-state index in [1.54, 1.807) is 13.0 Å². The number of sulfone groups is 1. The van der Waals surface area contributed by atoms with Gasteiger partial charge in [0, 0.05) is 6.61 Å². The number of aromatic nitrogens is 2. The summed E-state index contributed by atoms with van der Waals surface area (Å²) in [4.78, 5) is 21.8. The molecule has 154 valence electrons. The zero-order chi connectivity index (χ0) is 21.0. The van der Waals surface area contributed by atoms with E-state index in [9.17, 15) is 23.4 Å². The molecular weight excluding hydrogens is 402 g/mol. The van der Waals surface area contributed by atoms with Crippen LogP contribution in [0.5, 0.6) is 0 Å². The van der Waals surface area contributed by atoms with Crippen LogP contribution in [0.2, 0.25) is 0 Å². The van der Waals surface area contributed by atoms with Crippen molar-refractivity contribution in [1.29, 1.82) is 0 Å². The Morgan fingerprint density at radius 2 is 1.83 bits per heavy atom. The lowest BCUT2D eigenvalue weighted by molar-refractivity contribution is -0.113. The predicted molar refractivity (Wildman–Crippen MR) is 103 cm³/mol. The molecule has 11 nitrogen and oxygen atoms in total. The Balaban J connectivity index is 2.03. The fourth-order valence-corrected chi connectivity index (χ4v) is 4.06. The van der Waals surface area contributed by atoms with Gasteiger partial charge in [0.05, 0.1) is 35.2 Å². The lowest BCUT2D eigenvalue weighted by Gasteiger charge is -2.29. The van der Waals surface area contributed by atoms with Crippen molar-refractivity contribution < 1.29 is 28.2 Å². The number of hydrogen-bond donors (Lipinski definition) is 3. The van der Waals surface area contributed by atoms with Crippen LogP contribution in [-0.4, -0.2) is 52.9 Å². The summed E-state index contributed by atoms with van der Waals surface area (Å²) in [5.74, 6) is -1.04. The molecule has 29 heavy (non-hydrogen) atoms. The molecule has 0 saturated heterocycles. The summed E-state index contributed by atoms with van der Waals surface area (Å²) < 4.78 is 31.1. The van der Waals surface area contributed by atoms with Crippen molar-refractivity contribution in [3.8, 4) is 0 Å². The smallest absolute Gasteiger partial charge is 0.292 e. The first-order valence-corrected chi connectivity index (χ1v) is 10.1. The van der Waals surface area contributed by atoms with E-state index in [1.165, 1.54) is 29.2 Å². The number of ether oxygens (including phenoxy) is 1. The minimum atomic E-state index is -4.21. The minimum absolute atomic E-state index is 0.0825. The number of aliphatic hydroxyl groups excluding tert-OH is 2. The average molecular weight is 421 g/mol. The average Bonchev–Trinajstić information content (AvgIpc) is 2.73. The predicted octanol–water partition coefficient (Wildman–Crippen LogP) is 0.00110. The van der Waals surface area contributed by atoms with E-state index in [-0.39, 0.29) is 34.6 Å². The highest BCUT2D eigenvalue weighted by Gasteiger charge is 2.41. The van der Waals surface area contributed by atoms with Gasteiger partial charge in [-0.1, -0.05) is 12.1 Å². The Morgan fingerprint density at radius 3 is 2.45 bits per heavy atom. The van der Waals surface area contributed by atoms with Crippen LogP contribution in [0.25, 0.3) is 0 Å². The Morgan fingerprint density at radius 1 is 1.17 bits per heavy atom. The molecular formula is C17H19N5O6S.